The van der Waals surface area contributed by atoms with Crippen molar-refractivity contribution in [2.24, 2.45) is 7.05 Å². The first kappa shape index (κ1) is 22.8. The monoisotopic (exact) mass is 459 g/mol. The molecule has 0 saturated carbocycles. The summed E-state index contributed by atoms with van der Waals surface area (Å²) in [5.74, 6) is -0.961. The predicted molar refractivity (Wildman–Crippen MR) is 130 cm³/mol. The van der Waals surface area contributed by atoms with Gasteiger partial charge in [0.05, 0.1) is 18.5 Å². The Morgan fingerprint density at radius 3 is 2.24 bits per heavy atom. The molecule has 1 heterocycles. The first-order valence-electron chi connectivity index (χ1n) is 10.7. The molecular formula is C26H25N3O5. The first-order chi connectivity index (χ1) is 16.3. The third-order valence-corrected chi connectivity index (χ3v) is 5.74. The number of esters is 1. The number of nitrogens with zero attached hydrogens (tertiary/aromatic N) is 2. The molecular weight excluding hydrogens is 434 g/mol. The molecule has 0 spiro atoms. The molecule has 0 fully saturated rings. The van der Waals surface area contributed by atoms with Crippen LogP contribution in [0.1, 0.15) is 23.0 Å². The molecule has 8 nitrogen and oxygen atoms in total. The zero-order valence-electron chi connectivity index (χ0n) is 19.4. The summed E-state index contributed by atoms with van der Waals surface area (Å²) in [5.41, 5.74) is 1.19. The zero-order chi connectivity index (χ0) is 24.4. The maximum atomic E-state index is 13.0. The van der Waals surface area contributed by atoms with Gasteiger partial charge in [0.1, 0.15) is 17.0 Å². The van der Waals surface area contributed by atoms with Crippen molar-refractivity contribution in [2.75, 3.05) is 12.4 Å². The van der Waals surface area contributed by atoms with Crippen LogP contribution >= 0.6 is 0 Å². The minimum atomic E-state index is -1.15. The summed E-state index contributed by atoms with van der Waals surface area (Å²) in [5, 5.41) is 4.38. The topological polar surface area (TPSA) is 91.6 Å². The van der Waals surface area contributed by atoms with E-state index >= 15 is 0 Å². The van der Waals surface area contributed by atoms with Crippen LogP contribution in [0.3, 0.4) is 0 Å². The summed E-state index contributed by atoms with van der Waals surface area (Å²) < 4.78 is 13.9. The van der Waals surface area contributed by atoms with Crippen LogP contribution in [0, 0.1) is 6.92 Å². The molecule has 1 aromatic heterocycles. The van der Waals surface area contributed by atoms with Crippen molar-refractivity contribution in [2.45, 2.75) is 20.0 Å². The second-order valence-corrected chi connectivity index (χ2v) is 7.87. The maximum Gasteiger partial charge on any atom is 0.342 e. The quantitative estimate of drug-likeness (QED) is 0.443. The van der Waals surface area contributed by atoms with E-state index in [1.54, 1.807) is 42.9 Å². The van der Waals surface area contributed by atoms with Crippen LogP contribution in [-0.2, 0) is 16.6 Å². The number of nitrogens with one attached hydrogen (secondary N) is 1. The third kappa shape index (κ3) is 4.17. The van der Waals surface area contributed by atoms with Gasteiger partial charge in [0.2, 0.25) is 0 Å². The summed E-state index contributed by atoms with van der Waals surface area (Å²) in [7, 11) is 3.20. The van der Waals surface area contributed by atoms with Crippen molar-refractivity contribution < 1.29 is 19.1 Å². The number of fused-ring (bicyclic) bond motifs is 1. The molecule has 3 aromatic carbocycles. The molecule has 34 heavy (non-hydrogen) atoms. The minimum absolute atomic E-state index is 0.127. The van der Waals surface area contributed by atoms with E-state index in [1.165, 1.54) is 18.7 Å². The molecule has 4 rings (SSSR count). The van der Waals surface area contributed by atoms with Gasteiger partial charge in [-0.2, -0.15) is 0 Å². The van der Waals surface area contributed by atoms with Gasteiger partial charge in [-0.15, -0.1) is 0 Å². The number of rotatable bonds is 6. The smallest absolute Gasteiger partial charge is 0.342 e. The number of para-hydroxylation sites is 1. The molecule has 0 bridgehead atoms. The van der Waals surface area contributed by atoms with Crippen molar-refractivity contribution in [3.8, 4) is 11.4 Å². The highest BCUT2D eigenvalue weighted by molar-refractivity contribution is 6.01. The normalized spacial score (nSPS) is 11.8. The number of ether oxygens (including phenoxy) is 2. The molecule has 0 radical (unpaired) electrons. The summed E-state index contributed by atoms with van der Waals surface area (Å²) in [6.45, 7) is 3.18. The Labute approximate surface area is 196 Å². The Morgan fingerprint density at radius 2 is 1.59 bits per heavy atom. The van der Waals surface area contributed by atoms with Gasteiger partial charge < -0.3 is 14.8 Å². The lowest BCUT2D eigenvalue weighted by atomic mass is 10.1. The van der Waals surface area contributed by atoms with Crippen LogP contribution in [0.25, 0.3) is 16.5 Å². The molecule has 0 aliphatic carbocycles. The largest absolute Gasteiger partial charge is 0.496 e. The lowest BCUT2D eigenvalue weighted by molar-refractivity contribution is -0.123. The van der Waals surface area contributed by atoms with Crippen molar-refractivity contribution in [1.29, 1.82) is 0 Å². The van der Waals surface area contributed by atoms with Gasteiger partial charge in [0, 0.05) is 7.05 Å². The van der Waals surface area contributed by atoms with E-state index in [4.69, 9.17) is 9.47 Å². The van der Waals surface area contributed by atoms with Crippen LogP contribution in [0.5, 0.6) is 5.75 Å². The summed E-state index contributed by atoms with van der Waals surface area (Å²) in [6.07, 6.45) is -1.15. The Morgan fingerprint density at radius 1 is 0.971 bits per heavy atom. The fraction of sp³-hybridized carbons (Fsp3) is 0.192. The predicted octanol–water partition coefficient (Wildman–Crippen LogP) is 3.83. The van der Waals surface area contributed by atoms with E-state index in [1.807, 2.05) is 42.5 Å². The fourth-order valence-electron chi connectivity index (χ4n) is 3.76. The number of methoxy groups -OCH3 is 1. The highest BCUT2D eigenvalue weighted by atomic mass is 16.5. The van der Waals surface area contributed by atoms with Gasteiger partial charge in [-0.05, 0) is 48.9 Å². The van der Waals surface area contributed by atoms with E-state index in [9.17, 15) is 14.4 Å². The van der Waals surface area contributed by atoms with Gasteiger partial charge in [-0.25, -0.2) is 9.48 Å². The fourth-order valence-corrected chi connectivity index (χ4v) is 3.76. The molecule has 1 atom stereocenters. The highest BCUT2D eigenvalue weighted by Gasteiger charge is 2.25. The Kier molecular flexibility index (Phi) is 6.23. The van der Waals surface area contributed by atoms with E-state index in [2.05, 4.69) is 5.32 Å². The number of aromatic nitrogens is 2. The number of hydrogen-bond donors (Lipinski definition) is 1. The Bertz CT molecular complexity index is 1440. The molecule has 8 heteroatoms. The van der Waals surface area contributed by atoms with E-state index in [0.29, 0.717) is 17.1 Å². The Balaban J connectivity index is 1.55. The molecule has 1 unspecified atom stereocenters. The van der Waals surface area contributed by atoms with Crippen LogP contribution in [0.4, 0.5) is 5.69 Å². The van der Waals surface area contributed by atoms with Crippen molar-refractivity contribution in [3.05, 3.63) is 88.3 Å². The molecule has 174 valence electrons. The lowest BCUT2D eigenvalue weighted by Crippen LogP contribution is -2.32. The Hall–Kier alpha value is -4.33. The molecule has 0 aliphatic heterocycles. The molecule has 1 N–H and O–H groups in total. The van der Waals surface area contributed by atoms with Gasteiger partial charge in [0.15, 0.2) is 6.10 Å². The second-order valence-electron chi connectivity index (χ2n) is 7.87. The average Bonchev–Trinajstić information content (AvgIpc) is 3.06. The van der Waals surface area contributed by atoms with E-state index in [0.717, 1.165) is 10.8 Å². The second kappa shape index (κ2) is 9.27. The maximum absolute atomic E-state index is 13.0. The van der Waals surface area contributed by atoms with Gasteiger partial charge >= 0.3 is 5.97 Å². The summed E-state index contributed by atoms with van der Waals surface area (Å²) >= 11 is 0. The van der Waals surface area contributed by atoms with Crippen LogP contribution in [-0.4, -0.2) is 34.5 Å². The van der Waals surface area contributed by atoms with Gasteiger partial charge in [-0.3, -0.25) is 14.3 Å². The third-order valence-electron chi connectivity index (χ3n) is 5.74. The standard InChI is InChI=1S/C26H25N3O5/c1-16-23(25(31)29(28(16)3)20-12-6-5-7-13-20)27-24(30)17(2)34-26(32)21-14-18-10-8-9-11-19(18)15-22(21)33-4/h5-15,17H,1-4H3,(H,27,30). The van der Waals surface area contributed by atoms with Gasteiger partial charge in [-0.1, -0.05) is 42.5 Å². The molecule has 0 saturated heterocycles. The average molecular weight is 460 g/mol. The number of hydrogen-bond acceptors (Lipinski definition) is 5. The van der Waals surface area contributed by atoms with E-state index in [-0.39, 0.29) is 16.8 Å². The number of carbonyl (C=O) groups excluding carboxylic acids is 2. The van der Waals surface area contributed by atoms with Crippen LogP contribution in [0.2, 0.25) is 0 Å². The zero-order valence-corrected chi connectivity index (χ0v) is 19.4. The summed E-state index contributed by atoms with van der Waals surface area (Å²) in [6, 6.07) is 20.1. The first-order valence-corrected chi connectivity index (χ1v) is 10.7. The number of carbonyl (C=O) groups is 2. The van der Waals surface area contributed by atoms with Crippen molar-refractivity contribution in [1.82, 2.24) is 9.36 Å². The highest BCUT2D eigenvalue weighted by Crippen LogP contribution is 2.27. The van der Waals surface area contributed by atoms with Crippen molar-refractivity contribution >= 4 is 28.3 Å². The van der Waals surface area contributed by atoms with Crippen LogP contribution < -0.4 is 15.6 Å². The molecule has 1 amide bonds. The molecule has 4 aromatic rings. The number of benzene rings is 3. The van der Waals surface area contributed by atoms with Crippen molar-refractivity contribution in [3.63, 3.8) is 0 Å². The van der Waals surface area contributed by atoms with E-state index < -0.39 is 18.0 Å². The SMILES string of the molecule is COc1cc2ccccc2cc1C(=O)OC(C)C(=O)Nc1c(C)n(C)n(-c2ccccc2)c1=O. The number of anilines is 1. The molecule has 0 aliphatic rings. The number of amides is 1. The summed E-state index contributed by atoms with van der Waals surface area (Å²) in [4.78, 5) is 38.7. The lowest BCUT2D eigenvalue weighted by Gasteiger charge is -2.15. The minimum Gasteiger partial charge on any atom is -0.496 e. The van der Waals surface area contributed by atoms with Crippen LogP contribution in [0.15, 0.2) is 71.5 Å². The van der Waals surface area contributed by atoms with Gasteiger partial charge in [0.25, 0.3) is 11.5 Å².